The van der Waals surface area contributed by atoms with E-state index in [0.29, 0.717) is 53.2 Å². The van der Waals surface area contributed by atoms with Crippen LogP contribution in [0.4, 0.5) is 33.7 Å². The quantitative estimate of drug-likeness (QED) is 0.160. The van der Waals surface area contributed by atoms with E-state index in [1.54, 1.807) is 19.2 Å². The van der Waals surface area contributed by atoms with Gasteiger partial charge in [-0.1, -0.05) is 11.6 Å². The van der Waals surface area contributed by atoms with E-state index < -0.39 is 28.6 Å². The average molecular weight is 608 g/mol. The number of hydrogen-bond donors (Lipinski definition) is 2. The number of aromatic nitrogens is 1. The summed E-state index contributed by atoms with van der Waals surface area (Å²) >= 11 is 5.60. The first kappa shape index (κ1) is 29.0. The van der Waals surface area contributed by atoms with E-state index >= 15 is 0 Å². The Morgan fingerprint density at radius 1 is 1.00 bits per heavy atom. The molecule has 1 aliphatic rings. The van der Waals surface area contributed by atoms with E-state index in [1.807, 2.05) is 0 Å². The molecule has 14 heteroatoms. The van der Waals surface area contributed by atoms with Gasteiger partial charge in [0.2, 0.25) is 5.75 Å². The molecule has 0 bridgehead atoms. The monoisotopic (exact) mass is 607 g/mol. The number of halogens is 5. The van der Waals surface area contributed by atoms with Gasteiger partial charge in [-0.05, 0) is 36.4 Å². The van der Waals surface area contributed by atoms with Crippen molar-refractivity contribution < 1.29 is 46.0 Å². The van der Waals surface area contributed by atoms with Gasteiger partial charge in [-0.15, -0.1) is 0 Å². The molecule has 0 spiro atoms. The van der Waals surface area contributed by atoms with E-state index in [9.17, 15) is 22.4 Å². The lowest BCUT2D eigenvalue weighted by atomic mass is 10.1. The number of nitrogens with zero attached hydrogens (tertiary/aromatic N) is 1. The average Bonchev–Trinajstić information content (AvgIpc) is 2.95. The van der Waals surface area contributed by atoms with Gasteiger partial charge < -0.3 is 34.3 Å². The number of carbonyl (C=O) groups is 1. The Labute approximate surface area is 241 Å². The van der Waals surface area contributed by atoms with E-state index in [0.717, 1.165) is 12.1 Å². The number of methoxy groups -OCH3 is 1. The van der Waals surface area contributed by atoms with Crippen LogP contribution in [0.15, 0.2) is 54.7 Å². The molecule has 0 atom stereocenters. The Bertz CT molecular complexity index is 1640. The first-order valence-electron chi connectivity index (χ1n) is 12.4. The Kier molecular flexibility index (Phi) is 8.41. The molecule has 2 amide bonds. The molecule has 9 nitrogen and oxygen atoms in total. The molecule has 2 heterocycles. The topological polar surface area (TPSA) is 100 Å². The number of pyridine rings is 1. The largest absolute Gasteiger partial charge is 0.487 e. The first-order valence-corrected chi connectivity index (χ1v) is 12.8. The van der Waals surface area contributed by atoms with Crippen molar-refractivity contribution >= 4 is 39.9 Å². The van der Waals surface area contributed by atoms with Gasteiger partial charge in [-0.3, -0.25) is 4.98 Å². The number of nitrogens with one attached hydrogen (secondary N) is 2. The number of ether oxygens (including phenoxy) is 5. The minimum absolute atomic E-state index is 0.0874. The van der Waals surface area contributed by atoms with Crippen molar-refractivity contribution in [2.24, 2.45) is 0 Å². The summed E-state index contributed by atoms with van der Waals surface area (Å²) in [5.74, 6) is 0.689. The molecule has 220 valence electrons. The standard InChI is InChI=1S/C28H22ClF4N3O6/c1-38-8-9-39-23-14-21-24(26-25(23)40-10-11-41-26)22(6-7-34-21)42-16-3-5-20(19(30)13-16)36-27(37)35-15-2-4-18(29)17(12-15)28(31,32)33/h2-7,12-14H,8-11H2,1H3,(H2,35,36,37). The van der Waals surface area contributed by atoms with Crippen LogP contribution in [0.2, 0.25) is 5.02 Å². The van der Waals surface area contributed by atoms with E-state index in [4.69, 9.17) is 35.3 Å². The highest BCUT2D eigenvalue weighted by atomic mass is 35.5. The van der Waals surface area contributed by atoms with E-state index in [-0.39, 0.29) is 30.3 Å². The highest BCUT2D eigenvalue weighted by Gasteiger charge is 2.33. The molecule has 0 fully saturated rings. The molecule has 2 N–H and O–H groups in total. The normalized spacial score (nSPS) is 12.6. The van der Waals surface area contributed by atoms with Crippen LogP contribution in [0.1, 0.15) is 5.56 Å². The van der Waals surface area contributed by atoms with Gasteiger partial charge in [-0.25, -0.2) is 9.18 Å². The van der Waals surface area contributed by atoms with Gasteiger partial charge >= 0.3 is 12.2 Å². The zero-order valence-corrected chi connectivity index (χ0v) is 22.6. The van der Waals surface area contributed by atoms with Crippen molar-refractivity contribution in [3.05, 3.63) is 71.1 Å². The van der Waals surface area contributed by atoms with Gasteiger partial charge in [0.1, 0.15) is 37.1 Å². The summed E-state index contributed by atoms with van der Waals surface area (Å²) in [7, 11) is 1.56. The fourth-order valence-corrected chi connectivity index (χ4v) is 4.32. The number of fused-ring (bicyclic) bond motifs is 3. The fourth-order valence-electron chi connectivity index (χ4n) is 4.09. The van der Waals surface area contributed by atoms with Gasteiger partial charge in [0, 0.05) is 31.1 Å². The third-order valence-corrected chi connectivity index (χ3v) is 6.26. The van der Waals surface area contributed by atoms with Gasteiger partial charge in [0.05, 0.1) is 33.8 Å². The van der Waals surface area contributed by atoms with Gasteiger partial charge in [-0.2, -0.15) is 13.2 Å². The second kappa shape index (κ2) is 12.2. The number of amides is 2. The Balaban J connectivity index is 1.34. The lowest BCUT2D eigenvalue weighted by Crippen LogP contribution is -2.20. The van der Waals surface area contributed by atoms with Gasteiger partial charge in [0.25, 0.3) is 0 Å². The van der Waals surface area contributed by atoms with Crippen LogP contribution in [0.5, 0.6) is 28.7 Å². The first-order chi connectivity index (χ1) is 20.1. The zero-order chi connectivity index (χ0) is 29.9. The summed E-state index contributed by atoms with van der Waals surface area (Å²) in [6.07, 6.45) is -3.21. The fraction of sp³-hybridized carbons (Fsp3) is 0.214. The predicted octanol–water partition coefficient (Wildman–Crippen LogP) is 7.28. The Morgan fingerprint density at radius 2 is 1.79 bits per heavy atom. The molecule has 4 aromatic rings. The highest BCUT2D eigenvalue weighted by molar-refractivity contribution is 6.31. The van der Waals surface area contributed by atoms with Crippen LogP contribution >= 0.6 is 11.6 Å². The molecule has 42 heavy (non-hydrogen) atoms. The molecule has 0 unspecified atom stereocenters. The van der Waals surface area contributed by atoms with Crippen LogP contribution in [0.25, 0.3) is 10.9 Å². The third kappa shape index (κ3) is 6.37. The number of urea groups is 1. The summed E-state index contributed by atoms with van der Waals surface area (Å²) in [5, 5.41) is 4.44. The number of carbonyl (C=O) groups excluding carboxylic acids is 1. The molecule has 0 saturated heterocycles. The van der Waals surface area contributed by atoms with Crippen molar-refractivity contribution in [2.75, 3.05) is 44.2 Å². The van der Waals surface area contributed by atoms with Crippen LogP contribution in [0.3, 0.4) is 0 Å². The third-order valence-electron chi connectivity index (χ3n) is 5.93. The maximum Gasteiger partial charge on any atom is 0.417 e. The molecular weight excluding hydrogens is 586 g/mol. The van der Waals surface area contributed by atoms with E-state index in [2.05, 4.69) is 15.6 Å². The van der Waals surface area contributed by atoms with Crippen LogP contribution < -0.4 is 29.6 Å². The molecule has 0 radical (unpaired) electrons. The highest BCUT2D eigenvalue weighted by Crippen LogP contribution is 2.48. The number of anilines is 2. The van der Waals surface area contributed by atoms with Crippen molar-refractivity contribution in [3.63, 3.8) is 0 Å². The predicted molar refractivity (Wildman–Crippen MR) is 146 cm³/mol. The maximum absolute atomic E-state index is 14.9. The summed E-state index contributed by atoms with van der Waals surface area (Å²) in [4.78, 5) is 16.7. The lowest BCUT2D eigenvalue weighted by Gasteiger charge is -2.23. The second-order valence-corrected chi connectivity index (χ2v) is 9.20. The van der Waals surface area contributed by atoms with Crippen molar-refractivity contribution in [2.45, 2.75) is 6.18 Å². The van der Waals surface area contributed by atoms with Crippen molar-refractivity contribution in [3.8, 4) is 28.7 Å². The molecule has 1 aromatic heterocycles. The van der Waals surface area contributed by atoms with E-state index in [1.165, 1.54) is 24.4 Å². The number of rotatable bonds is 8. The summed E-state index contributed by atoms with van der Waals surface area (Å²) in [6.45, 7) is 1.23. The SMILES string of the molecule is COCCOc1cc2nccc(Oc3ccc(NC(=O)Nc4ccc(Cl)c(C(F)(F)F)c4)c(F)c3)c2c2c1OCCO2. The minimum Gasteiger partial charge on any atom is -0.487 e. The smallest absolute Gasteiger partial charge is 0.417 e. The van der Waals surface area contributed by atoms with Crippen molar-refractivity contribution in [1.29, 1.82) is 0 Å². The Hall–Kier alpha value is -4.49. The lowest BCUT2D eigenvalue weighted by molar-refractivity contribution is -0.137. The van der Waals surface area contributed by atoms with Crippen LogP contribution in [-0.4, -0.2) is 44.6 Å². The van der Waals surface area contributed by atoms with Gasteiger partial charge in [0.15, 0.2) is 11.5 Å². The second-order valence-electron chi connectivity index (χ2n) is 8.79. The molecule has 3 aromatic carbocycles. The number of benzene rings is 3. The molecule has 5 rings (SSSR count). The molecule has 0 aliphatic carbocycles. The molecular formula is C28H22ClF4N3O6. The molecule has 1 aliphatic heterocycles. The van der Waals surface area contributed by atoms with Crippen LogP contribution in [-0.2, 0) is 10.9 Å². The zero-order valence-electron chi connectivity index (χ0n) is 21.8. The Morgan fingerprint density at radius 3 is 2.52 bits per heavy atom. The summed E-state index contributed by atoms with van der Waals surface area (Å²) in [5.41, 5.74) is -1.06. The summed E-state index contributed by atoms with van der Waals surface area (Å²) in [6, 6.07) is 8.83. The summed E-state index contributed by atoms with van der Waals surface area (Å²) < 4.78 is 82.7. The maximum atomic E-state index is 14.9. The molecule has 0 saturated carbocycles. The number of hydrogen-bond acceptors (Lipinski definition) is 7. The number of alkyl halides is 3. The van der Waals surface area contributed by atoms with Crippen LogP contribution in [0, 0.1) is 5.82 Å². The minimum atomic E-state index is -4.72. The van der Waals surface area contributed by atoms with Crippen molar-refractivity contribution in [1.82, 2.24) is 4.98 Å².